The Morgan fingerprint density at radius 1 is 1.06 bits per heavy atom. The molecule has 0 spiro atoms. The Morgan fingerprint density at radius 3 is 2.44 bits per heavy atom. The molecule has 2 N–H and O–H groups in total. The molecule has 0 saturated heterocycles. The summed E-state index contributed by atoms with van der Waals surface area (Å²) in [7, 11) is 0. The van der Waals surface area contributed by atoms with E-state index in [2.05, 4.69) is 9.97 Å². The molecule has 2 aromatic rings. The maximum Gasteiger partial charge on any atom is 0.127 e. The van der Waals surface area contributed by atoms with Crippen molar-refractivity contribution in [2.75, 3.05) is 5.73 Å². The average molecular weight is 234 g/mol. The SMILES string of the molecule is Cc1cc(Cl)c(-c2cc(N)ncn2)cc1C. The summed E-state index contributed by atoms with van der Waals surface area (Å²) in [6, 6.07) is 5.67. The highest BCUT2D eigenvalue weighted by molar-refractivity contribution is 6.33. The van der Waals surface area contributed by atoms with Crippen LogP contribution in [-0.2, 0) is 0 Å². The van der Waals surface area contributed by atoms with Gasteiger partial charge in [0.25, 0.3) is 0 Å². The maximum atomic E-state index is 6.19. The Bertz CT molecular complexity index is 538. The average Bonchev–Trinajstić information content (AvgIpc) is 2.23. The molecule has 0 aliphatic carbocycles. The van der Waals surface area contributed by atoms with E-state index in [9.17, 15) is 0 Å². The van der Waals surface area contributed by atoms with Gasteiger partial charge in [0.05, 0.1) is 10.7 Å². The highest BCUT2D eigenvalue weighted by atomic mass is 35.5. The molecular formula is C12H12ClN3. The topological polar surface area (TPSA) is 51.8 Å². The van der Waals surface area contributed by atoms with Crippen molar-refractivity contribution in [3.05, 3.63) is 40.7 Å². The summed E-state index contributed by atoms with van der Waals surface area (Å²) in [4.78, 5) is 8.02. The second kappa shape index (κ2) is 4.10. The van der Waals surface area contributed by atoms with Gasteiger partial charge in [0, 0.05) is 11.6 Å². The minimum absolute atomic E-state index is 0.444. The largest absolute Gasteiger partial charge is 0.384 e. The lowest BCUT2D eigenvalue weighted by atomic mass is 10.0. The van der Waals surface area contributed by atoms with Gasteiger partial charge < -0.3 is 5.73 Å². The van der Waals surface area contributed by atoms with Crippen LogP contribution in [0.25, 0.3) is 11.3 Å². The second-order valence-electron chi connectivity index (χ2n) is 3.74. The van der Waals surface area contributed by atoms with Gasteiger partial charge in [-0.25, -0.2) is 9.97 Å². The van der Waals surface area contributed by atoms with Crippen LogP contribution in [0.4, 0.5) is 5.82 Å². The molecule has 0 bridgehead atoms. The molecule has 0 amide bonds. The Labute approximate surface area is 99.3 Å². The Morgan fingerprint density at radius 2 is 1.75 bits per heavy atom. The summed E-state index contributed by atoms with van der Waals surface area (Å²) < 4.78 is 0. The Hall–Kier alpha value is -1.61. The van der Waals surface area contributed by atoms with Crippen LogP contribution in [-0.4, -0.2) is 9.97 Å². The molecule has 4 heteroatoms. The fourth-order valence-electron chi connectivity index (χ4n) is 1.50. The van der Waals surface area contributed by atoms with E-state index in [0.29, 0.717) is 10.8 Å². The minimum atomic E-state index is 0.444. The zero-order valence-corrected chi connectivity index (χ0v) is 9.92. The van der Waals surface area contributed by atoms with Gasteiger partial charge in [-0.3, -0.25) is 0 Å². The van der Waals surface area contributed by atoms with Crippen LogP contribution in [0, 0.1) is 13.8 Å². The van der Waals surface area contributed by atoms with Gasteiger partial charge >= 0.3 is 0 Å². The van der Waals surface area contributed by atoms with Gasteiger partial charge in [0.1, 0.15) is 12.1 Å². The quantitative estimate of drug-likeness (QED) is 0.824. The summed E-state index contributed by atoms with van der Waals surface area (Å²) in [5, 5.41) is 0.682. The molecule has 1 aromatic carbocycles. The van der Waals surface area contributed by atoms with E-state index in [1.807, 2.05) is 26.0 Å². The van der Waals surface area contributed by atoms with Crippen molar-refractivity contribution in [3.8, 4) is 11.3 Å². The van der Waals surface area contributed by atoms with E-state index in [1.165, 1.54) is 11.9 Å². The van der Waals surface area contributed by atoms with E-state index in [4.69, 9.17) is 17.3 Å². The fraction of sp³-hybridized carbons (Fsp3) is 0.167. The van der Waals surface area contributed by atoms with Gasteiger partial charge in [-0.15, -0.1) is 0 Å². The van der Waals surface area contributed by atoms with Crippen molar-refractivity contribution in [1.29, 1.82) is 0 Å². The molecule has 0 fully saturated rings. The first kappa shape index (κ1) is 10.9. The van der Waals surface area contributed by atoms with E-state index < -0.39 is 0 Å². The lowest BCUT2D eigenvalue weighted by molar-refractivity contribution is 1.18. The number of nitrogens with zero attached hydrogens (tertiary/aromatic N) is 2. The number of hydrogen-bond donors (Lipinski definition) is 1. The van der Waals surface area contributed by atoms with Crippen LogP contribution in [0.5, 0.6) is 0 Å². The third kappa shape index (κ3) is 1.99. The molecule has 16 heavy (non-hydrogen) atoms. The van der Waals surface area contributed by atoms with Crippen LogP contribution in [0.15, 0.2) is 24.5 Å². The normalized spacial score (nSPS) is 10.4. The minimum Gasteiger partial charge on any atom is -0.384 e. The summed E-state index contributed by atoms with van der Waals surface area (Å²) in [6.07, 6.45) is 1.44. The van der Waals surface area contributed by atoms with E-state index >= 15 is 0 Å². The molecule has 1 heterocycles. The van der Waals surface area contributed by atoms with Gasteiger partial charge in [0.2, 0.25) is 0 Å². The molecule has 82 valence electrons. The van der Waals surface area contributed by atoms with Crippen LogP contribution >= 0.6 is 11.6 Å². The number of halogens is 1. The highest BCUT2D eigenvalue weighted by Gasteiger charge is 2.07. The van der Waals surface area contributed by atoms with E-state index in [1.54, 1.807) is 6.07 Å². The number of rotatable bonds is 1. The molecule has 0 unspecified atom stereocenters. The lowest BCUT2D eigenvalue weighted by Crippen LogP contribution is -1.94. The number of hydrogen-bond acceptors (Lipinski definition) is 3. The molecule has 0 radical (unpaired) electrons. The first-order valence-corrected chi connectivity index (χ1v) is 5.30. The third-order valence-corrected chi connectivity index (χ3v) is 2.86. The number of benzene rings is 1. The number of aryl methyl sites for hydroxylation is 2. The molecule has 0 aliphatic rings. The summed E-state index contributed by atoms with van der Waals surface area (Å²) in [6.45, 7) is 4.07. The zero-order chi connectivity index (χ0) is 11.7. The monoisotopic (exact) mass is 233 g/mol. The molecule has 1 aromatic heterocycles. The van der Waals surface area contributed by atoms with E-state index in [0.717, 1.165) is 16.8 Å². The predicted octanol–water partition coefficient (Wildman–Crippen LogP) is 3.00. The Balaban J connectivity index is 2.60. The number of nitrogens with two attached hydrogens (primary N) is 1. The predicted molar refractivity (Wildman–Crippen MR) is 66.4 cm³/mol. The molecule has 0 atom stereocenters. The Kier molecular flexibility index (Phi) is 2.79. The molecule has 0 saturated carbocycles. The number of nitrogen functional groups attached to an aromatic ring is 1. The van der Waals surface area contributed by atoms with Crippen molar-refractivity contribution < 1.29 is 0 Å². The summed E-state index contributed by atoms with van der Waals surface area (Å²) >= 11 is 6.19. The summed E-state index contributed by atoms with van der Waals surface area (Å²) in [5.41, 5.74) is 9.60. The van der Waals surface area contributed by atoms with Gasteiger partial charge in [-0.1, -0.05) is 11.6 Å². The van der Waals surface area contributed by atoms with Crippen molar-refractivity contribution >= 4 is 17.4 Å². The molecular weight excluding hydrogens is 222 g/mol. The van der Waals surface area contributed by atoms with E-state index in [-0.39, 0.29) is 0 Å². The smallest absolute Gasteiger partial charge is 0.127 e. The maximum absolute atomic E-state index is 6.19. The first-order chi connectivity index (χ1) is 7.58. The summed E-state index contributed by atoms with van der Waals surface area (Å²) in [5.74, 6) is 0.444. The number of anilines is 1. The molecule has 0 aliphatic heterocycles. The standard InChI is InChI=1S/C12H12ClN3/c1-7-3-9(10(13)4-8(7)2)11-5-12(14)16-6-15-11/h3-6H,1-2H3,(H2,14,15,16). The zero-order valence-electron chi connectivity index (χ0n) is 9.16. The highest BCUT2D eigenvalue weighted by Crippen LogP contribution is 2.29. The van der Waals surface area contributed by atoms with Gasteiger partial charge in [-0.05, 0) is 37.1 Å². The fourth-order valence-corrected chi connectivity index (χ4v) is 1.81. The lowest BCUT2D eigenvalue weighted by Gasteiger charge is -2.07. The van der Waals surface area contributed by atoms with Crippen molar-refractivity contribution in [3.63, 3.8) is 0 Å². The van der Waals surface area contributed by atoms with Gasteiger partial charge in [-0.2, -0.15) is 0 Å². The van der Waals surface area contributed by atoms with Crippen LogP contribution < -0.4 is 5.73 Å². The number of aromatic nitrogens is 2. The van der Waals surface area contributed by atoms with Crippen molar-refractivity contribution in [2.24, 2.45) is 0 Å². The van der Waals surface area contributed by atoms with Crippen LogP contribution in [0.2, 0.25) is 5.02 Å². The van der Waals surface area contributed by atoms with Crippen LogP contribution in [0.1, 0.15) is 11.1 Å². The molecule has 2 rings (SSSR count). The van der Waals surface area contributed by atoms with Gasteiger partial charge in [0.15, 0.2) is 0 Å². The third-order valence-electron chi connectivity index (χ3n) is 2.55. The first-order valence-electron chi connectivity index (χ1n) is 4.92. The van der Waals surface area contributed by atoms with Crippen LogP contribution in [0.3, 0.4) is 0 Å². The molecule has 3 nitrogen and oxygen atoms in total. The van der Waals surface area contributed by atoms with Crippen molar-refractivity contribution in [2.45, 2.75) is 13.8 Å². The second-order valence-corrected chi connectivity index (χ2v) is 4.15. The van der Waals surface area contributed by atoms with Crippen molar-refractivity contribution in [1.82, 2.24) is 9.97 Å².